The molecule has 0 spiro atoms. The van der Waals surface area contributed by atoms with Gasteiger partial charge in [0.15, 0.2) is 0 Å². The Kier molecular flexibility index (Phi) is 3.96. The van der Waals surface area contributed by atoms with Gasteiger partial charge < -0.3 is 15.0 Å². The Labute approximate surface area is 146 Å². The first-order valence-corrected chi connectivity index (χ1v) is 8.26. The predicted octanol–water partition coefficient (Wildman–Crippen LogP) is 3.49. The van der Waals surface area contributed by atoms with Gasteiger partial charge >= 0.3 is 0 Å². The summed E-state index contributed by atoms with van der Waals surface area (Å²) in [6.45, 7) is 1.88. The van der Waals surface area contributed by atoms with Crippen LogP contribution in [0.3, 0.4) is 0 Å². The highest BCUT2D eigenvalue weighted by Crippen LogP contribution is 2.36. The summed E-state index contributed by atoms with van der Waals surface area (Å²) < 4.78 is 5.51. The largest absolute Gasteiger partial charge is 0.496 e. The lowest BCUT2D eigenvalue weighted by molar-refractivity contribution is 0.416. The molecule has 5 nitrogen and oxygen atoms in total. The molecule has 1 aromatic carbocycles. The molecule has 5 heteroatoms. The molecular weight excluding hydrogens is 312 g/mol. The van der Waals surface area contributed by atoms with Crippen molar-refractivity contribution in [1.29, 1.82) is 5.26 Å². The van der Waals surface area contributed by atoms with E-state index in [-0.39, 0.29) is 0 Å². The minimum atomic E-state index is 0.609. The summed E-state index contributed by atoms with van der Waals surface area (Å²) in [5.41, 5.74) is 5.77. The summed E-state index contributed by atoms with van der Waals surface area (Å²) >= 11 is 0. The second-order valence-electron chi connectivity index (χ2n) is 6.01. The van der Waals surface area contributed by atoms with E-state index in [1.807, 2.05) is 18.2 Å². The van der Waals surface area contributed by atoms with E-state index in [9.17, 15) is 5.26 Å². The zero-order valence-electron chi connectivity index (χ0n) is 14.0. The van der Waals surface area contributed by atoms with Crippen molar-refractivity contribution in [2.45, 2.75) is 6.42 Å². The first kappa shape index (κ1) is 15.4. The molecule has 4 rings (SSSR count). The van der Waals surface area contributed by atoms with Crippen LogP contribution in [0.15, 0.2) is 42.6 Å². The standard InChI is InChI=1S/C20H18N4O/c1-25-19-3-2-13(12-21)10-16(19)15-6-9-23-20-17(15)11-18(24-20)14-4-7-22-8-5-14/h2-4,6,9-11,22H,5,7-8H2,1H3,(H,23,24). The monoisotopic (exact) mass is 330 g/mol. The Morgan fingerprint density at radius 3 is 2.88 bits per heavy atom. The molecule has 124 valence electrons. The van der Waals surface area contributed by atoms with E-state index in [2.05, 4.69) is 33.5 Å². The fourth-order valence-corrected chi connectivity index (χ4v) is 3.29. The molecule has 0 amide bonds. The summed E-state index contributed by atoms with van der Waals surface area (Å²) in [5, 5.41) is 13.6. The highest BCUT2D eigenvalue weighted by Gasteiger charge is 2.15. The number of pyridine rings is 1. The van der Waals surface area contributed by atoms with Crippen LogP contribution >= 0.6 is 0 Å². The summed E-state index contributed by atoms with van der Waals surface area (Å²) in [4.78, 5) is 7.91. The Hall–Kier alpha value is -3.10. The number of aromatic amines is 1. The smallest absolute Gasteiger partial charge is 0.138 e. The second kappa shape index (κ2) is 6.42. The number of rotatable bonds is 3. The number of nitriles is 1. The van der Waals surface area contributed by atoms with Crippen molar-refractivity contribution in [2.75, 3.05) is 20.2 Å². The lowest BCUT2D eigenvalue weighted by atomic mass is 9.99. The van der Waals surface area contributed by atoms with Gasteiger partial charge in [0.25, 0.3) is 0 Å². The average Bonchev–Trinajstić information content (AvgIpc) is 3.12. The van der Waals surface area contributed by atoms with Gasteiger partial charge in [-0.3, -0.25) is 0 Å². The lowest BCUT2D eigenvalue weighted by Crippen LogP contribution is -2.20. The van der Waals surface area contributed by atoms with Crippen molar-refractivity contribution in [1.82, 2.24) is 15.3 Å². The molecule has 1 aliphatic rings. The van der Waals surface area contributed by atoms with Gasteiger partial charge in [0.2, 0.25) is 0 Å². The van der Waals surface area contributed by atoms with Crippen LogP contribution in [0.2, 0.25) is 0 Å². The minimum absolute atomic E-state index is 0.609. The van der Waals surface area contributed by atoms with Crippen LogP contribution < -0.4 is 10.1 Å². The number of nitrogens with zero attached hydrogens (tertiary/aromatic N) is 2. The minimum Gasteiger partial charge on any atom is -0.496 e. The number of ether oxygens (including phenoxy) is 1. The Balaban J connectivity index is 1.90. The van der Waals surface area contributed by atoms with Crippen molar-refractivity contribution in [3.8, 4) is 22.9 Å². The molecule has 0 saturated carbocycles. The lowest BCUT2D eigenvalue weighted by Gasteiger charge is -2.12. The normalized spacial score (nSPS) is 14.2. The quantitative estimate of drug-likeness (QED) is 0.771. The molecule has 3 heterocycles. The molecule has 1 aliphatic heterocycles. The van der Waals surface area contributed by atoms with Gasteiger partial charge in [-0.1, -0.05) is 6.08 Å². The molecule has 0 unspecified atom stereocenters. The summed E-state index contributed by atoms with van der Waals surface area (Å²) in [6.07, 6.45) is 4.99. The molecule has 0 radical (unpaired) electrons. The van der Waals surface area contributed by atoms with E-state index in [4.69, 9.17) is 4.74 Å². The fraction of sp³-hybridized carbons (Fsp3) is 0.200. The third-order valence-corrected chi connectivity index (χ3v) is 4.56. The SMILES string of the molecule is COc1ccc(C#N)cc1-c1ccnc2[nH]c(C3=CCNCC3)cc12. The van der Waals surface area contributed by atoms with Crippen molar-refractivity contribution in [3.05, 3.63) is 53.9 Å². The first-order chi connectivity index (χ1) is 12.3. The Bertz CT molecular complexity index is 1010. The summed E-state index contributed by atoms with van der Waals surface area (Å²) in [7, 11) is 1.64. The zero-order chi connectivity index (χ0) is 17.2. The van der Waals surface area contributed by atoms with Crippen LogP contribution in [0.25, 0.3) is 27.7 Å². The van der Waals surface area contributed by atoms with E-state index in [0.717, 1.165) is 53.1 Å². The topological polar surface area (TPSA) is 73.7 Å². The van der Waals surface area contributed by atoms with Gasteiger partial charge in [0, 0.05) is 29.4 Å². The van der Waals surface area contributed by atoms with E-state index >= 15 is 0 Å². The van der Waals surface area contributed by atoms with Gasteiger partial charge in [-0.25, -0.2) is 4.98 Å². The number of hydrogen-bond acceptors (Lipinski definition) is 4. The molecule has 0 aliphatic carbocycles. The molecule has 0 saturated heterocycles. The molecule has 0 atom stereocenters. The number of methoxy groups -OCH3 is 1. The number of fused-ring (bicyclic) bond motifs is 1. The Morgan fingerprint density at radius 1 is 1.20 bits per heavy atom. The second-order valence-corrected chi connectivity index (χ2v) is 6.01. The highest BCUT2D eigenvalue weighted by atomic mass is 16.5. The van der Waals surface area contributed by atoms with Crippen LogP contribution in [-0.2, 0) is 0 Å². The zero-order valence-corrected chi connectivity index (χ0v) is 14.0. The molecule has 0 bridgehead atoms. The van der Waals surface area contributed by atoms with Crippen molar-refractivity contribution in [2.24, 2.45) is 0 Å². The highest BCUT2D eigenvalue weighted by molar-refractivity contribution is 5.97. The van der Waals surface area contributed by atoms with Gasteiger partial charge in [0.1, 0.15) is 11.4 Å². The first-order valence-electron chi connectivity index (χ1n) is 8.26. The molecule has 2 N–H and O–H groups in total. The maximum atomic E-state index is 9.24. The van der Waals surface area contributed by atoms with Gasteiger partial charge in [0.05, 0.1) is 18.7 Å². The molecular formula is C20H18N4O. The van der Waals surface area contributed by atoms with Crippen LogP contribution in [0, 0.1) is 11.3 Å². The van der Waals surface area contributed by atoms with E-state index in [1.54, 1.807) is 19.4 Å². The van der Waals surface area contributed by atoms with Crippen molar-refractivity contribution >= 4 is 16.6 Å². The van der Waals surface area contributed by atoms with Crippen LogP contribution in [0.1, 0.15) is 17.7 Å². The van der Waals surface area contributed by atoms with Crippen molar-refractivity contribution in [3.63, 3.8) is 0 Å². The molecule has 0 fully saturated rings. The maximum Gasteiger partial charge on any atom is 0.138 e. The van der Waals surface area contributed by atoms with E-state index < -0.39 is 0 Å². The molecule has 2 aromatic heterocycles. The van der Waals surface area contributed by atoms with Gasteiger partial charge in [-0.2, -0.15) is 5.26 Å². The van der Waals surface area contributed by atoms with Crippen LogP contribution in [0.5, 0.6) is 5.75 Å². The number of H-pyrrole nitrogens is 1. The number of nitrogens with one attached hydrogen (secondary N) is 2. The number of aromatic nitrogens is 2. The van der Waals surface area contributed by atoms with E-state index in [0.29, 0.717) is 5.56 Å². The Morgan fingerprint density at radius 2 is 2.12 bits per heavy atom. The third kappa shape index (κ3) is 2.77. The number of hydrogen-bond donors (Lipinski definition) is 2. The van der Waals surface area contributed by atoms with E-state index in [1.165, 1.54) is 5.57 Å². The van der Waals surface area contributed by atoms with Gasteiger partial charge in [-0.05, 0) is 54.4 Å². The average molecular weight is 330 g/mol. The summed E-state index contributed by atoms with van der Waals surface area (Å²) in [5.74, 6) is 0.746. The van der Waals surface area contributed by atoms with Gasteiger partial charge in [-0.15, -0.1) is 0 Å². The van der Waals surface area contributed by atoms with Crippen molar-refractivity contribution < 1.29 is 4.74 Å². The van der Waals surface area contributed by atoms with Crippen LogP contribution in [-0.4, -0.2) is 30.2 Å². The molecule has 25 heavy (non-hydrogen) atoms. The fourth-order valence-electron chi connectivity index (χ4n) is 3.29. The third-order valence-electron chi connectivity index (χ3n) is 4.56. The molecule has 3 aromatic rings. The van der Waals surface area contributed by atoms with Crippen LogP contribution in [0.4, 0.5) is 0 Å². The summed E-state index contributed by atoms with van der Waals surface area (Å²) in [6, 6.07) is 11.8. The maximum absolute atomic E-state index is 9.24. The predicted molar refractivity (Wildman–Crippen MR) is 98.3 cm³/mol. The number of benzene rings is 1.